The Morgan fingerprint density at radius 3 is 2.95 bits per heavy atom. The highest BCUT2D eigenvalue weighted by molar-refractivity contribution is 5.80. The van der Waals surface area contributed by atoms with Crippen LogP contribution in [-0.2, 0) is 6.54 Å². The van der Waals surface area contributed by atoms with Crippen LogP contribution in [0.1, 0.15) is 24.5 Å². The van der Waals surface area contributed by atoms with Crippen molar-refractivity contribution < 1.29 is 4.42 Å². The molecule has 1 fully saturated rings. The van der Waals surface area contributed by atoms with Crippen molar-refractivity contribution in [3.63, 3.8) is 0 Å². The summed E-state index contributed by atoms with van der Waals surface area (Å²) >= 11 is 0. The lowest BCUT2D eigenvalue weighted by atomic mass is 10.0. The predicted molar refractivity (Wildman–Crippen MR) is 84.3 cm³/mol. The van der Waals surface area contributed by atoms with Crippen molar-refractivity contribution in [2.45, 2.75) is 32.9 Å². The van der Waals surface area contributed by atoms with E-state index in [0.29, 0.717) is 11.5 Å². The highest BCUT2D eigenvalue weighted by Gasteiger charge is 2.25. The van der Waals surface area contributed by atoms with E-state index in [0.717, 1.165) is 42.6 Å². The smallest absolute Gasteiger partial charge is 0.336 e. The second-order valence-electron chi connectivity index (χ2n) is 6.23. The number of nitrogens with zero attached hydrogens (tertiary/aromatic N) is 1. The van der Waals surface area contributed by atoms with Crippen LogP contribution in [0.2, 0.25) is 0 Å². The molecule has 2 heterocycles. The van der Waals surface area contributed by atoms with Crippen molar-refractivity contribution in [2.24, 2.45) is 11.7 Å². The van der Waals surface area contributed by atoms with Crippen molar-refractivity contribution >= 4 is 11.0 Å². The summed E-state index contributed by atoms with van der Waals surface area (Å²) in [7, 11) is 0. The number of benzene rings is 1. The third-order valence-electron chi connectivity index (χ3n) is 4.43. The van der Waals surface area contributed by atoms with Gasteiger partial charge in [-0.2, -0.15) is 0 Å². The molecule has 2 atom stereocenters. The fourth-order valence-corrected chi connectivity index (χ4v) is 3.14. The molecule has 0 amide bonds. The highest BCUT2D eigenvalue weighted by Crippen LogP contribution is 2.24. The molecular formula is C17H22N2O2. The molecule has 1 aliphatic heterocycles. The zero-order valence-corrected chi connectivity index (χ0v) is 12.6. The van der Waals surface area contributed by atoms with E-state index in [2.05, 4.69) is 17.9 Å². The predicted octanol–water partition coefficient (Wildman–Crippen LogP) is 2.27. The number of rotatable bonds is 3. The van der Waals surface area contributed by atoms with E-state index in [1.807, 2.05) is 19.1 Å². The SMILES string of the molecule is Cc1ccc2c(CN3CCC(C(C)N)C3)cc(=O)oc2c1. The molecule has 2 unspecified atom stereocenters. The van der Waals surface area contributed by atoms with Gasteiger partial charge >= 0.3 is 5.63 Å². The Morgan fingerprint density at radius 2 is 2.24 bits per heavy atom. The van der Waals surface area contributed by atoms with E-state index < -0.39 is 0 Å². The number of hydrogen-bond acceptors (Lipinski definition) is 4. The third-order valence-corrected chi connectivity index (χ3v) is 4.43. The molecule has 0 radical (unpaired) electrons. The highest BCUT2D eigenvalue weighted by atomic mass is 16.4. The van der Waals surface area contributed by atoms with Crippen LogP contribution in [0.5, 0.6) is 0 Å². The van der Waals surface area contributed by atoms with Crippen LogP contribution in [0.15, 0.2) is 33.5 Å². The van der Waals surface area contributed by atoms with E-state index in [1.54, 1.807) is 6.07 Å². The molecular weight excluding hydrogens is 264 g/mol. The summed E-state index contributed by atoms with van der Waals surface area (Å²) in [6.07, 6.45) is 1.14. The Bertz CT molecular complexity index is 705. The number of hydrogen-bond donors (Lipinski definition) is 1. The van der Waals surface area contributed by atoms with Gasteiger partial charge in [0, 0.05) is 30.6 Å². The standard InChI is InChI=1S/C17H22N2O2/c1-11-3-4-15-14(8-17(20)21-16(15)7-11)10-19-6-5-13(9-19)12(2)18/h3-4,7-8,12-13H,5-6,9-10,18H2,1-2H3. The number of likely N-dealkylation sites (tertiary alicyclic amines) is 1. The Labute approximate surface area is 124 Å². The number of aryl methyl sites for hydroxylation is 1. The zero-order chi connectivity index (χ0) is 15.0. The third kappa shape index (κ3) is 3.01. The molecule has 21 heavy (non-hydrogen) atoms. The van der Waals surface area contributed by atoms with E-state index in [1.165, 1.54) is 0 Å². The van der Waals surface area contributed by atoms with Crippen molar-refractivity contribution in [1.29, 1.82) is 0 Å². The quantitative estimate of drug-likeness (QED) is 0.879. The summed E-state index contributed by atoms with van der Waals surface area (Å²) < 4.78 is 5.31. The summed E-state index contributed by atoms with van der Waals surface area (Å²) in [6, 6.07) is 7.88. The Kier molecular flexibility index (Phi) is 3.83. The maximum absolute atomic E-state index is 11.8. The van der Waals surface area contributed by atoms with Gasteiger partial charge in [-0.15, -0.1) is 0 Å². The first-order chi connectivity index (χ1) is 10.0. The Hall–Kier alpha value is -1.65. The fraction of sp³-hybridized carbons (Fsp3) is 0.471. The minimum Gasteiger partial charge on any atom is -0.423 e. The van der Waals surface area contributed by atoms with Crippen LogP contribution in [-0.4, -0.2) is 24.0 Å². The first-order valence-corrected chi connectivity index (χ1v) is 7.54. The number of nitrogens with two attached hydrogens (primary N) is 1. The molecule has 0 saturated carbocycles. The normalized spacial score (nSPS) is 21.0. The molecule has 4 heteroatoms. The lowest BCUT2D eigenvalue weighted by molar-refractivity contribution is 0.309. The topological polar surface area (TPSA) is 59.5 Å². The molecule has 2 aromatic rings. The van der Waals surface area contributed by atoms with Crippen LogP contribution in [0.25, 0.3) is 11.0 Å². The Balaban J connectivity index is 1.89. The van der Waals surface area contributed by atoms with Crippen molar-refractivity contribution in [1.82, 2.24) is 4.90 Å². The second-order valence-corrected chi connectivity index (χ2v) is 6.23. The van der Waals surface area contributed by atoms with Crippen molar-refractivity contribution in [2.75, 3.05) is 13.1 Å². The largest absolute Gasteiger partial charge is 0.423 e. The second kappa shape index (κ2) is 5.62. The van der Waals surface area contributed by atoms with Gasteiger partial charge in [0.05, 0.1) is 0 Å². The maximum atomic E-state index is 11.8. The van der Waals surface area contributed by atoms with E-state index in [4.69, 9.17) is 10.2 Å². The monoisotopic (exact) mass is 286 g/mol. The average Bonchev–Trinajstić information content (AvgIpc) is 2.86. The van der Waals surface area contributed by atoms with E-state index in [-0.39, 0.29) is 11.7 Å². The zero-order valence-electron chi connectivity index (χ0n) is 12.6. The van der Waals surface area contributed by atoms with Gasteiger partial charge in [-0.25, -0.2) is 4.79 Å². The van der Waals surface area contributed by atoms with Gasteiger partial charge in [0.25, 0.3) is 0 Å². The van der Waals surface area contributed by atoms with Gasteiger partial charge in [0.15, 0.2) is 0 Å². The first-order valence-electron chi connectivity index (χ1n) is 7.54. The lowest BCUT2D eigenvalue weighted by Crippen LogP contribution is -2.29. The van der Waals surface area contributed by atoms with Crippen molar-refractivity contribution in [3.8, 4) is 0 Å². The molecule has 4 nitrogen and oxygen atoms in total. The number of fused-ring (bicyclic) bond motifs is 1. The Morgan fingerprint density at radius 1 is 1.43 bits per heavy atom. The molecule has 1 aromatic carbocycles. The molecule has 0 aliphatic carbocycles. The summed E-state index contributed by atoms with van der Waals surface area (Å²) in [5.41, 5.74) is 8.55. The molecule has 0 spiro atoms. The van der Waals surface area contributed by atoms with Gasteiger partial charge in [0.2, 0.25) is 0 Å². The summed E-state index contributed by atoms with van der Waals surface area (Å²) in [5, 5.41) is 1.03. The first kappa shape index (κ1) is 14.3. The van der Waals surface area contributed by atoms with Crippen LogP contribution < -0.4 is 11.4 Å². The summed E-state index contributed by atoms with van der Waals surface area (Å²) in [4.78, 5) is 14.1. The van der Waals surface area contributed by atoms with Gasteiger partial charge in [0.1, 0.15) is 5.58 Å². The van der Waals surface area contributed by atoms with Crippen LogP contribution in [0, 0.1) is 12.8 Å². The van der Waals surface area contributed by atoms with Gasteiger partial charge in [-0.3, -0.25) is 4.90 Å². The van der Waals surface area contributed by atoms with Gasteiger partial charge < -0.3 is 10.2 Å². The molecule has 1 aromatic heterocycles. The molecule has 112 valence electrons. The summed E-state index contributed by atoms with van der Waals surface area (Å²) in [6.45, 7) is 6.91. The minimum atomic E-state index is -0.272. The molecule has 0 bridgehead atoms. The van der Waals surface area contributed by atoms with Crippen LogP contribution in [0.3, 0.4) is 0 Å². The molecule has 1 aliphatic rings. The van der Waals surface area contributed by atoms with Crippen molar-refractivity contribution in [3.05, 3.63) is 45.8 Å². The minimum absolute atomic E-state index is 0.232. The van der Waals surface area contributed by atoms with E-state index in [9.17, 15) is 4.79 Å². The van der Waals surface area contributed by atoms with E-state index >= 15 is 0 Å². The van der Waals surface area contributed by atoms with Crippen LogP contribution in [0.4, 0.5) is 0 Å². The molecule has 3 rings (SSSR count). The summed E-state index contributed by atoms with van der Waals surface area (Å²) in [5.74, 6) is 0.554. The molecule has 2 N–H and O–H groups in total. The van der Waals surface area contributed by atoms with Gasteiger partial charge in [-0.05, 0) is 49.9 Å². The molecule has 1 saturated heterocycles. The fourth-order valence-electron chi connectivity index (χ4n) is 3.14. The average molecular weight is 286 g/mol. The van der Waals surface area contributed by atoms with Crippen LogP contribution >= 0.6 is 0 Å². The maximum Gasteiger partial charge on any atom is 0.336 e. The lowest BCUT2D eigenvalue weighted by Gasteiger charge is -2.18. The van der Waals surface area contributed by atoms with Gasteiger partial charge in [-0.1, -0.05) is 12.1 Å².